The lowest BCUT2D eigenvalue weighted by atomic mass is 10.2. The second-order valence-electron chi connectivity index (χ2n) is 2.94. The highest BCUT2D eigenvalue weighted by atomic mass is 32.2. The Kier molecular flexibility index (Phi) is 3.45. The van der Waals surface area contributed by atoms with Gasteiger partial charge in [0.2, 0.25) is 10.0 Å². The SMILES string of the molecule is CS(=O)(=O)NCc1cccc(NN)c1. The summed E-state index contributed by atoms with van der Waals surface area (Å²) in [6, 6.07) is 7.19. The predicted octanol–water partition coefficient (Wildman–Crippen LogP) is 0.0214. The van der Waals surface area contributed by atoms with E-state index in [1.807, 2.05) is 6.07 Å². The first kappa shape index (κ1) is 11.0. The van der Waals surface area contributed by atoms with Crippen LogP contribution >= 0.6 is 0 Å². The Bertz CT molecular complexity index is 403. The molecule has 0 spiro atoms. The molecule has 14 heavy (non-hydrogen) atoms. The van der Waals surface area contributed by atoms with E-state index in [2.05, 4.69) is 10.1 Å². The molecule has 0 radical (unpaired) electrons. The molecule has 0 aliphatic carbocycles. The molecule has 1 aromatic rings. The van der Waals surface area contributed by atoms with E-state index in [-0.39, 0.29) is 6.54 Å². The summed E-state index contributed by atoms with van der Waals surface area (Å²) in [6.45, 7) is 0.272. The van der Waals surface area contributed by atoms with Gasteiger partial charge in [0.1, 0.15) is 0 Å². The van der Waals surface area contributed by atoms with Gasteiger partial charge < -0.3 is 5.43 Å². The zero-order valence-corrected chi connectivity index (χ0v) is 8.64. The Labute approximate surface area is 83.3 Å². The van der Waals surface area contributed by atoms with E-state index in [1.54, 1.807) is 18.2 Å². The first-order valence-corrected chi connectivity index (χ1v) is 5.90. The molecule has 78 valence electrons. The van der Waals surface area contributed by atoms with Gasteiger partial charge in [0, 0.05) is 12.2 Å². The number of benzene rings is 1. The predicted molar refractivity (Wildman–Crippen MR) is 55.9 cm³/mol. The average molecular weight is 215 g/mol. The molecular weight excluding hydrogens is 202 g/mol. The molecule has 0 amide bonds. The van der Waals surface area contributed by atoms with Crippen molar-refractivity contribution in [1.82, 2.24) is 4.72 Å². The van der Waals surface area contributed by atoms with Crippen LogP contribution in [0.3, 0.4) is 0 Å². The molecule has 0 aliphatic heterocycles. The van der Waals surface area contributed by atoms with Gasteiger partial charge in [0.25, 0.3) is 0 Å². The van der Waals surface area contributed by atoms with Gasteiger partial charge in [-0.05, 0) is 17.7 Å². The molecule has 6 heteroatoms. The number of hydrogen-bond donors (Lipinski definition) is 3. The maximum absolute atomic E-state index is 10.8. The summed E-state index contributed by atoms with van der Waals surface area (Å²) >= 11 is 0. The minimum absolute atomic E-state index is 0.272. The Balaban J connectivity index is 2.68. The van der Waals surface area contributed by atoms with Gasteiger partial charge in [-0.2, -0.15) is 0 Å². The van der Waals surface area contributed by atoms with Crippen molar-refractivity contribution in [1.29, 1.82) is 0 Å². The number of nitrogen functional groups attached to an aromatic ring is 1. The van der Waals surface area contributed by atoms with Gasteiger partial charge in [-0.3, -0.25) is 5.84 Å². The first-order valence-electron chi connectivity index (χ1n) is 4.01. The molecule has 0 heterocycles. The summed E-state index contributed by atoms with van der Waals surface area (Å²) in [4.78, 5) is 0. The van der Waals surface area contributed by atoms with Crippen LogP contribution < -0.4 is 16.0 Å². The van der Waals surface area contributed by atoms with E-state index in [0.717, 1.165) is 17.5 Å². The molecule has 0 aromatic heterocycles. The minimum atomic E-state index is -3.14. The number of hydrogen-bond acceptors (Lipinski definition) is 4. The van der Waals surface area contributed by atoms with Gasteiger partial charge in [-0.25, -0.2) is 13.1 Å². The van der Waals surface area contributed by atoms with Crippen molar-refractivity contribution in [2.75, 3.05) is 11.7 Å². The Morgan fingerprint density at radius 1 is 1.43 bits per heavy atom. The van der Waals surface area contributed by atoms with Crippen LogP contribution in [0.5, 0.6) is 0 Å². The molecule has 0 bridgehead atoms. The Morgan fingerprint density at radius 3 is 2.71 bits per heavy atom. The number of sulfonamides is 1. The summed E-state index contributed by atoms with van der Waals surface area (Å²) in [6.07, 6.45) is 1.12. The second-order valence-corrected chi connectivity index (χ2v) is 4.77. The molecule has 0 atom stereocenters. The van der Waals surface area contributed by atoms with Crippen molar-refractivity contribution in [3.63, 3.8) is 0 Å². The van der Waals surface area contributed by atoms with Crippen molar-refractivity contribution in [2.24, 2.45) is 5.84 Å². The number of rotatable bonds is 4. The molecule has 0 saturated heterocycles. The van der Waals surface area contributed by atoms with Crippen LogP contribution in [0, 0.1) is 0 Å². The van der Waals surface area contributed by atoms with Crippen molar-refractivity contribution in [3.05, 3.63) is 29.8 Å². The summed E-state index contributed by atoms with van der Waals surface area (Å²) in [5.41, 5.74) is 4.09. The number of anilines is 1. The third-order valence-electron chi connectivity index (χ3n) is 1.63. The quantitative estimate of drug-likeness (QED) is 0.488. The van der Waals surface area contributed by atoms with Crippen LogP contribution in [0.15, 0.2) is 24.3 Å². The summed E-state index contributed by atoms with van der Waals surface area (Å²) in [5, 5.41) is 0. The van der Waals surface area contributed by atoms with E-state index >= 15 is 0 Å². The Morgan fingerprint density at radius 2 is 2.14 bits per heavy atom. The van der Waals surface area contributed by atoms with Crippen LogP contribution in [0.1, 0.15) is 5.56 Å². The van der Waals surface area contributed by atoms with Gasteiger partial charge in [0.15, 0.2) is 0 Å². The highest BCUT2D eigenvalue weighted by molar-refractivity contribution is 7.88. The maximum atomic E-state index is 10.8. The van der Waals surface area contributed by atoms with Crippen LogP contribution in [0.4, 0.5) is 5.69 Å². The van der Waals surface area contributed by atoms with Gasteiger partial charge in [0.05, 0.1) is 6.26 Å². The van der Waals surface area contributed by atoms with Gasteiger partial charge in [-0.1, -0.05) is 12.1 Å². The van der Waals surface area contributed by atoms with Crippen molar-refractivity contribution in [3.8, 4) is 0 Å². The van der Waals surface area contributed by atoms with Crippen LogP contribution in [-0.4, -0.2) is 14.7 Å². The normalized spacial score (nSPS) is 11.3. The molecule has 1 aromatic carbocycles. The van der Waals surface area contributed by atoms with E-state index in [9.17, 15) is 8.42 Å². The fourth-order valence-electron chi connectivity index (χ4n) is 0.986. The molecule has 0 unspecified atom stereocenters. The number of nitrogens with two attached hydrogens (primary N) is 1. The number of hydrazine groups is 1. The highest BCUT2D eigenvalue weighted by Gasteiger charge is 2.00. The number of nitrogens with one attached hydrogen (secondary N) is 2. The second kappa shape index (κ2) is 4.41. The first-order chi connectivity index (χ1) is 6.51. The lowest BCUT2D eigenvalue weighted by Crippen LogP contribution is -2.21. The van der Waals surface area contributed by atoms with Crippen molar-refractivity contribution in [2.45, 2.75) is 6.54 Å². The van der Waals surface area contributed by atoms with Crippen LogP contribution in [0.2, 0.25) is 0 Å². The summed E-state index contributed by atoms with van der Waals surface area (Å²) in [5.74, 6) is 5.21. The third kappa shape index (κ3) is 3.73. The minimum Gasteiger partial charge on any atom is -0.324 e. The fraction of sp³-hybridized carbons (Fsp3) is 0.250. The lowest BCUT2D eigenvalue weighted by Gasteiger charge is -2.04. The van der Waals surface area contributed by atoms with Gasteiger partial charge in [-0.15, -0.1) is 0 Å². The Hall–Kier alpha value is -1.11. The van der Waals surface area contributed by atoms with E-state index in [4.69, 9.17) is 5.84 Å². The summed E-state index contributed by atoms with van der Waals surface area (Å²) < 4.78 is 24.0. The molecule has 5 nitrogen and oxygen atoms in total. The van der Waals surface area contributed by atoms with Crippen molar-refractivity contribution < 1.29 is 8.42 Å². The van der Waals surface area contributed by atoms with Crippen LogP contribution in [-0.2, 0) is 16.6 Å². The summed E-state index contributed by atoms with van der Waals surface area (Å²) in [7, 11) is -3.14. The monoisotopic (exact) mass is 215 g/mol. The molecule has 0 fully saturated rings. The zero-order valence-electron chi connectivity index (χ0n) is 7.82. The largest absolute Gasteiger partial charge is 0.324 e. The fourth-order valence-corrected chi connectivity index (χ4v) is 1.41. The maximum Gasteiger partial charge on any atom is 0.209 e. The van der Waals surface area contributed by atoms with Crippen LogP contribution in [0.25, 0.3) is 0 Å². The van der Waals surface area contributed by atoms with E-state index in [0.29, 0.717) is 0 Å². The molecule has 4 N–H and O–H groups in total. The molecule has 1 rings (SSSR count). The van der Waals surface area contributed by atoms with E-state index in [1.165, 1.54) is 0 Å². The topological polar surface area (TPSA) is 84.2 Å². The molecule has 0 saturated carbocycles. The zero-order chi connectivity index (χ0) is 10.6. The molecule has 0 aliphatic rings. The highest BCUT2D eigenvalue weighted by Crippen LogP contribution is 2.08. The van der Waals surface area contributed by atoms with Crippen molar-refractivity contribution >= 4 is 15.7 Å². The smallest absolute Gasteiger partial charge is 0.209 e. The standard InChI is InChI=1S/C8H13N3O2S/c1-14(12,13)10-6-7-3-2-4-8(5-7)11-9/h2-5,10-11H,6,9H2,1H3. The third-order valence-corrected chi connectivity index (χ3v) is 2.30. The average Bonchev–Trinajstić information content (AvgIpc) is 2.14. The molecular formula is C8H13N3O2S. The lowest BCUT2D eigenvalue weighted by molar-refractivity contribution is 0.587. The van der Waals surface area contributed by atoms with Gasteiger partial charge >= 0.3 is 0 Å². The van der Waals surface area contributed by atoms with E-state index < -0.39 is 10.0 Å².